The molecule has 5 aromatic rings. The summed E-state index contributed by atoms with van der Waals surface area (Å²) in [6.07, 6.45) is 3.56. The van der Waals surface area contributed by atoms with Gasteiger partial charge in [0.15, 0.2) is 5.82 Å². The number of hydrogen-bond acceptors (Lipinski definition) is 5. The maximum Gasteiger partial charge on any atom is 0.257 e. The van der Waals surface area contributed by atoms with E-state index in [2.05, 4.69) is 15.4 Å². The quantitative estimate of drug-likeness (QED) is 0.414. The van der Waals surface area contributed by atoms with Crippen LogP contribution in [0, 0.1) is 0 Å². The zero-order valence-electron chi connectivity index (χ0n) is 18.0. The number of pyridine rings is 2. The average Bonchev–Trinajstić information content (AvgIpc) is 3.30. The van der Waals surface area contributed by atoms with E-state index in [4.69, 9.17) is 9.72 Å². The van der Waals surface area contributed by atoms with Crippen LogP contribution >= 0.6 is 0 Å². The molecule has 0 spiro atoms. The van der Waals surface area contributed by atoms with Gasteiger partial charge in [-0.15, -0.1) is 0 Å². The number of fused-ring (bicyclic) bond motifs is 1. The molecule has 0 radical (unpaired) electrons. The number of nitrogens with zero attached hydrogens (tertiary/aromatic N) is 4. The molecule has 5 rings (SSSR count). The maximum atomic E-state index is 13.3. The van der Waals surface area contributed by atoms with Gasteiger partial charge in [0.1, 0.15) is 5.75 Å². The molecular weight excluding hydrogens is 414 g/mol. The van der Waals surface area contributed by atoms with Crippen LogP contribution in [0.2, 0.25) is 0 Å². The minimum atomic E-state index is -0.244. The van der Waals surface area contributed by atoms with E-state index < -0.39 is 0 Å². The third-order valence-corrected chi connectivity index (χ3v) is 5.28. The van der Waals surface area contributed by atoms with E-state index in [0.29, 0.717) is 23.6 Å². The second-order valence-electron chi connectivity index (χ2n) is 7.47. The number of hydrogen-bond donors (Lipinski definition) is 1. The molecule has 0 saturated carbocycles. The van der Waals surface area contributed by atoms with Gasteiger partial charge in [0.25, 0.3) is 5.91 Å². The second kappa shape index (κ2) is 8.92. The lowest BCUT2D eigenvalue weighted by atomic mass is 10.0. The molecule has 162 valence electrons. The van der Waals surface area contributed by atoms with Gasteiger partial charge in [-0.1, -0.05) is 24.3 Å². The highest BCUT2D eigenvalue weighted by atomic mass is 16.5. The monoisotopic (exact) mass is 435 g/mol. The number of carbonyl (C=O) groups is 1. The summed E-state index contributed by atoms with van der Waals surface area (Å²) in [6, 6.07) is 24.5. The van der Waals surface area contributed by atoms with Crippen LogP contribution in [0.3, 0.4) is 0 Å². The van der Waals surface area contributed by atoms with Crippen LogP contribution in [0.25, 0.3) is 22.2 Å². The first-order valence-corrected chi connectivity index (χ1v) is 10.5. The summed E-state index contributed by atoms with van der Waals surface area (Å²) in [5.41, 5.74) is 3.78. The van der Waals surface area contributed by atoms with Crippen molar-refractivity contribution in [2.45, 2.75) is 6.54 Å². The molecular formula is C26H21N5O2. The zero-order chi connectivity index (χ0) is 22.6. The molecule has 0 fully saturated rings. The minimum Gasteiger partial charge on any atom is -0.497 e. The summed E-state index contributed by atoms with van der Waals surface area (Å²) in [7, 11) is 1.63. The highest BCUT2D eigenvalue weighted by Gasteiger charge is 2.15. The molecule has 0 saturated heterocycles. The van der Waals surface area contributed by atoms with Crippen molar-refractivity contribution in [1.82, 2.24) is 19.7 Å². The molecule has 0 bridgehead atoms. The van der Waals surface area contributed by atoms with Gasteiger partial charge in [-0.2, -0.15) is 5.10 Å². The van der Waals surface area contributed by atoms with Gasteiger partial charge < -0.3 is 10.1 Å². The van der Waals surface area contributed by atoms with E-state index in [0.717, 1.165) is 27.9 Å². The highest BCUT2D eigenvalue weighted by molar-refractivity contribution is 6.12. The van der Waals surface area contributed by atoms with E-state index in [9.17, 15) is 4.79 Å². The Morgan fingerprint density at radius 1 is 1.00 bits per heavy atom. The Morgan fingerprint density at radius 3 is 2.61 bits per heavy atom. The van der Waals surface area contributed by atoms with E-state index in [1.54, 1.807) is 24.1 Å². The van der Waals surface area contributed by atoms with E-state index >= 15 is 0 Å². The van der Waals surface area contributed by atoms with Crippen molar-refractivity contribution in [2.75, 3.05) is 12.4 Å². The minimum absolute atomic E-state index is 0.244. The number of amides is 1. The number of rotatable bonds is 6. The van der Waals surface area contributed by atoms with E-state index in [1.807, 2.05) is 79.0 Å². The lowest BCUT2D eigenvalue weighted by Gasteiger charge is -2.10. The molecule has 0 aliphatic heterocycles. The summed E-state index contributed by atoms with van der Waals surface area (Å²) >= 11 is 0. The predicted molar refractivity (Wildman–Crippen MR) is 127 cm³/mol. The van der Waals surface area contributed by atoms with Gasteiger partial charge >= 0.3 is 0 Å². The fourth-order valence-electron chi connectivity index (χ4n) is 3.63. The van der Waals surface area contributed by atoms with Crippen LogP contribution in [0.4, 0.5) is 5.82 Å². The highest BCUT2D eigenvalue weighted by Crippen LogP contribution is 2.27. The number of benzene rings is 2. The molecule has 7 heteroatoms. The van der Waals surface area contributed by atoms with E-state index in [-0.39, 0.29) is 5.91 Å². The molecule has 0 aliphatic rings. The van der Waals surface area contributed by atoms with Crippen molar-refractivity contribution in [3.63, 3.8) is 0 Å². The maximum absolute atomic E-state index is 13.3. The third kappa shape index (κ3) is 4.43. The molecule has 0 unspecified atom stereocenters. The number of aromatic nitrogens is 4. The van der Waals surface area contributed by atoms with Gasteiger partial charge in [-0.25, -0.2) is 4.98 Å². The Bertz CT molecular complexity index is 1410. The van der Waals surface area contributed by atoms with Crippen molar-refractivity contribution in [1.29, 1.82) is 0 Å². The normalized spacial score (nSPS) is 10.8. The number of nitrogens with one attached hydrogen (secondary N) is 1. The molecule has 3 aromatic heterocycles. The Labute approximate surface area is 190 Å². The fraction of sp³-hybridized carbons (Fsp3) is 0.0769. The van der Waals surface area contributed by atoms with Crippen LogP contribution in [0.1, 0.15) is 16.1 Å². The van der Waals surface area contributed by atoms with Gasteiger partial charge in [-0.05, 0) is 48.5 Å². The molecule has 1 N–H and O–H groups in total. The van der Waals surface area contributed by atoms with Crippen LogP contribution in [0.15, 0.2) is 91.3 Å². The average molecular weight is 435 g/mol. The number of carbonyl (C=O) groups excluding carboxylic acids is 1. The molecule has 0 aliphatic carbocycles. The number of anilines is 1. The molecule has 7 nitrogen and oxygen atoms in total. The molecule has 3 heterocycles. The van der Waals surface area contributed by atoms with Crippen molar-refractivity contribution < 1.29 is 9.53 Å². The Kier molecular flexibility index (Phi) is 5.51. The smallest absolute Gasteiger partial charge is 0.257 e. The van der Waals surface area contributed by atoms with Gasteiger partial charge in [0, 0.05) is 29.4 Å². The zero-order valence-corrected chi connectivity index (χ0v) is 18.0. The van der Waals surface area contributed by atoms with Gasteiger partial charge in [-0.3, -0.25) is 14.5 Å². The predicted octanol–water partition coefficient (Wildman–Crippen LogP) is 4.80. The van der Waals surface area contributed by atoms with Crippen molar-refractivity contribution in [3.05, 3.63) is 103 Å². The van der Waals surface area contributed by atoms with Crippen LogP contribution in [-0.4, -0.2) is 32.8 Å². The number of ether oxygens (including phenoxy) is 1. The Hall–Kier alpha value is -4.52. The molecule has 33 heavy (non-hydrogen) atoms. The number of methoxy groups -OCH3 is 1. The second-order valence-corrected chi connectivity index (χ2v) is 7.47. The molecule has 2 aromatic carbocycles. The first kappa shape index (κ1) is 20.4. The summed E-state index contributed by atoms with van der Waals surface area (Å²) in [4.78, 5) is 22.3. The Morgan fingerprint density at radius 2 is 1.82 bits per heavy atom. The fourth-order valence-corrected chi connectivity index (χ4v) is 3.63. The lowest BCUT2D eigenvalue weighted by molar-refractivity contribution is 0.102. The van der Waals surface area contributed by atoms with Crippen LogP contribution in [0.5, 0.6) is 5.75 Å². The molecule has 1 amide bonds. The van der Waals surface area contributed by atoms with Crippen molar-refractivity contribution >= 4 is 22.6 Å². The van der Waals surface area contributed by atoms with Gasteiger partial charge in [0.2, 0.25) is 0 Å². The lowest BCUT2D eigenvalue weighted by Crippen LogP contribution is -2.14. The number of para-hydroxylation sites is 1. The largest absolute Gasteiger partial charge is 0.497 e. The third-order valence-electron chi connectivity index (χ3n) is 5.28. The summed E-state index contributed by atoms with van der Waals surface area (Å²) < 4.78 is 6.99. The van der Waals surface area contributed by atoms with Gasteiger partial charge in [0.05, 0.1) is 36.1 Å². The topological polar surface area (TPSA) is 81.9 Å². The van der Waals surface area contributed by atoms with E-state index in [1.165, 1.54) is 0 Å². The first-order valence-electron chi connectivity index (χ1n) is 10.5. The molecule has 0 atom stereocenters. The summed E-state index contributed by atoms with van der Waals surface area (Å²) in [5, 5.41) is 8.16. The Balaban J connectivity index is 1.44. The van der Waals surface area contributed by atoms with Crippen LogP contribution in [-0.2, 0) is 6.54 Å². The van der Waals surface area contributed by atoms with Crippen LogP contribution < -0.4 is 10.1 Å². The SMILES string of the molecule is COc1ccc(-c2cc(C(=O)Nc3ccn(Cc4ccccn4)n3)c3ccccc3n2)cc1. The first-order chi connectivity index (χ1) is 16.2. The summed E-state index contributed by atoms with van der Waals surface area (Å²) in [5.74, 6) is 0.994. The van der Waals surface area contributed by atoms with Crippen molar-refractivity contribution in [2.24, 2.45) is 0 Å². The van der Waals surface area contributed by atoms with Crippen molar-refractivity contribution in [3.8, 4) is 17.0 Å². The standard InChI is InChI=1S/C26H21N5O2/c1-33-20-11-9-18(10-12-20)24-16-22(21-7-2-3-8-23(21)28-24)26(32)29-25-13-15-31(30-25)17-19-6-4-5-14-27-19/h2-16H,17H2,1H3,(H,29,30,32). The summed E-state index contributed by atoms with van der Waals surface area (Å²) in [6.45, 7) is 0.524.